The van der Waals surface area contributed by atoms with Crippen molar-refractivity contribution in [2.24, 2.45) is 0 Å². The first-order chi connectivity index (χ1) is 8.55. The van der Waals surface area contributed by atoms with Gasteiger partial charge in [-0.05, 0) is 30.2 Å². The standard InChI is InChI=1S/C15H15FO2/c1-15(17,11-6-4-3-5-7-11)12-8-9-14(18-2)13(16)10-12/h3-10,17H,1-2H3. The number of halogens is 1. The maximum Gasteiger partial charge on any atom is 0.165 e. The third-order valence-electron chi connectivity index (χ3n) is 3.05. The minimum Gasteiger partial charge on any atom is -0.494 e. The number of aliphatic hydroxyl groups is 1. The summed E-state index contributed by atoms with van der Waals surface area (Å²) in [5.41, 5.74) is -0.0180. The summed E-state index contributed by atoms with van der Waals surface area (Å²) in [7, 11) is 1.41. The Morgan fingerprint density at radius 2 is 1.72 bits per heavy atom. The molecule has 0 amide bonds. The first-order valence-corrected chi connectivity index (χ1v) is 5.67. The summed E-state index contributed by atoms with van der Waals surface area (Å²) in [4.78, 5) is 0. The van der Waals surface area contributed by atoms with Crippen molar-refractivity contribution in [2.75, 3.05) is 7.11 Å². The molecule has 0 aliphatic heterocycles. The molecule has 0 spiro atoms. The summed E-state index contributed by atoms with van der Waals surface area (Å²) in [5, 5.41) is 10.5. The molecule has 0 heterocycles. The number of rotatable bonds is 3. The van der Waals surface area contributed by atoms with E-state index in [1.165, 1.54) is 19.2 Å². The predicted octanol–water partition coefficient (Wildman–Crippen LogP) is 3.09. The van der Waals surface area contributed by atoms with E-state index in [1.54, 1.807) is 13.0 Å². The van der Waals surface area contributed by atoms with Crippen molar-refractivity contribution in [3.63, 3.8) is 0 Å². The fourth-order valence-corrected chi connectivity index (χ4v) is 1.90. The first-order valence-electron chi connectivity index (χ1n) is 5.67. The molecule has 2 aromatic carbocycles. The minimum absolute atomic E-state index is 0.169. The summed E-state index contributed by atoms with van der Waals surface area (Å²) in [5.74, 6) is -0.311. The second kappa shape index (κ2) is 4.78. The van der Waals surface area contributed by atoms with Gasteiger partial charge in [-0.1, -0.05) is 36.4 Å². The molecule has 2 nitrogen and oxygen atoms in total. The van der Waals surface area contributed by atoms with Crippen LogP contribution in [-0.4, -0.2) is 12.2 Å². The Labute approximate surface area is 106 Å². The Balaban J connectivity index is 2.45. The van der Waals surface area contributed by atoms with Crippen LogP contribution in [0.25, 0.3) is 0 Å². The van der Waals surface area contributed by atoms with E-state index in [4.69, 9.17) is 4.74 Å². The van der Waals surface area contributed by atoms with Gasteiger partial charge in [-0.25, -0.2) is 4.39 Å². The van der Waals surface area contributed by atoms with Gasteiger partial charge >= 0.3 is 0 Å². The van der Waals surface area contributed by atoms with E-state index in [0.717, 1.165) is 5.56 Å². The molecule has 0 bridgehead atoms. The maximum atomic E-state index is 13.7. The summed E-state index contributed by atoms with van der Waals surface area (Å²) in [6, 6.07) is 13.6. The number of ether oxygens (including phenoxy) is 1. The van der Waals surface area contributed by atoms with Gasteiger partial charge in [0.2, 0.25) is 0 Å². The third kappa shape index (κ3) is 2.22. The van der Waals surface area contributed by atoms with E-state index in [9.17, 15) is 9.50 Å². The molecule has 0 aliphatic rings. The molecule has 0 saturated heterocycles. The van der Waals surface area contributed by atoms with Crippen molar-refractivity contribution >= 4 is 0 Å². The second-order valence-corrected chi connectivity index (χ2v) is 4.29. The minimum atomic E-state index is -1.23. The predicted molar refractivity (Wildman–Crippen MR) is 68.1 cm³/mol. The second-order valence-electron chi connectivity index (χ2n) is 4.29. The van der Waals surface area contributed by atoms with Crippen molar-refractivity contribution in [1.82, 2.24) is 0 Å². The van der Waals surface area contributed by atoms with Gasteiger partial charge in [-0.2, -0.15) is 0 Å². The monoisotopic (exact) mass is 246 g/mol. The van der Waals surface area contributed by atoms with Crippen LogP contribution in [0.3, 0.4) is 0 Å². The molecule has 0 saturated carbocycles. The highest BCUT2D eigenvalue weighted by Gasteiger charge is 2.26. The van der Waals surface area contributed by atoms with Gasteiger partial charge in [0.15, 0.2) is 11.6 Å². The van der Waals surface area contributed by atoms with Crippen LogP contribution in [0.5, 0.6) is 5.75 Å². The van der Waals surface area contributed by atoms with Crippen molar-refractivity contribution in [3.05, 3.63) is 65.5 Å². The summed E-state index contributed by atoms with van der Waals surface area (Å²) < 4.78 is 18.5. The first kappa shape index (κ1) is 12.6. The molecular weight excluding hydrogens is 231 g/mol. The summed E-state index contributed by atoms with van der Waals surface area (Å²) in [6.07, 6.45) is 0. The smallest absolute Gasteiger partial charge is 0.165 e. The highest BCUT2D eigenvalue weighted by Crippen LogP contribution is 2.31. The fraction of sp³-hybridized carbons (Fsp3) is 0.200. The highest BCUT2D eigenvalue weighted by atomic mass is 19.1. The number of methoxy groups -OCH3 is 1. The zero-order valence-electron chi connectivity index (χ0n) is 10.4. The topological polar surface area (TPSA) is 29.5 Å². The lowest BCUT2D eigenvalue weighted by Crippen LogP contribution is -2.22. The van der Waals surface area contributed by atoms with Crippen molar-refractivity contribution in [3.8, 4) is 5.75 Å². The fourth-order valence-electron chi connectivity index (χ4n) is 1.90. The number of hydrogen-bond acceptors (Lipinski definition) is 2. The molecule has 18 heavy (non-hydrogen) atoms. The van der Waals surface area contributed by atoms with Crippen LogP contribution in [-0.2, 0) is 5.60 Å². The van der Waals surface area contributed by atoms with E-state index in [0.29, 0.717) is 5.56 Å². The molecule has 2 aromatic rings. The van der Waals surface area contributed by atoms with Gasteiger partial charge in [0, 0.05) is 0 Å². The van der Waals surface area contributed by atoms with Gasteiger partial charge in [0.1, 0.15) is 5.60 Å². The Morgan fingerprint density at radius 1 is 1.06 bits per heavy atom. The molecule has 0 aromatic heterocycles. The molecule has 0 radical (unpaired) electrons. The lowest BCUT2D eigenvalue weighted by Gasteiger charge is -2.24. The lowest BCUT2D eigenvalue weighted by atomic mass is 9.88. The molecule has 0 fully saturated rings. The van der Waals surface area contributed by atoms with Crippen molar-refractivity contribution in [2.45, 2.75) is 12.5 Å². The van der Waals surface area contributed by atoms with Crippen LogP contribution in [0.1, 0.15) is 18.1 Å². The molecule has 1 N–H and O–H groups in total. The Morgan fingerprint density at radius 3 is 2.28 bits per heavy atom. The third-order valence-corrected chi connectivity index (χ3v) is 3.05. The van der Waals surface area contributed by atoms with Gasteiger partial charge in [0.25, 0.3) is 0 Å². The van der Waals surface area contributed by atoms with E-state index in [2.05, 4.69) is 0 Å². The average Bonchev–Trinajstić information content (AvgIpc) is 2.39. The van der Waals surface area contributed by atoms with Crippen LogP contribution < -0.4 is 4.74 Å². The highest BCUT2D eigenvalue weighted by molar-refractivity contribution is 5.38. The van der Waals surface area contributed by atoms with Gasteiger partial charge in [-0.3, -0.25) is 0 Å². The Hall–Kier alpha value is -1.87. The van der Waals surface area contributed by atoms with Crippen LogP contribution in [0.4, 0.5) is 4.39 Å². The van der Waals surface area contributed by atoms with E-state index in [1.807, 2.05) is 30.3 Å². The van der Waals surface area contributed by atoms with Gasteiger partial charge in [0.05, 0.1) is 7.11 Å². The molecule has 94 valence electrons. The quantitative estimate of drug-likeness (QED) is 0.901. The van der Waals surface area contributed by atoms with E-state index < -0.39 is 11.4 Å². The maximum absolute atomic E-state index is 13.7. The van der Waals surface area contributed by atoms with Gasteiger partial charge < -0.3 is 9.84 Å². The molecule has 3 heteroatoms. The van der Waals surface area contributed by atoms with E-state index in [-0.39, 0.29) is 5.75 Å². The normalized spacial score (nSPS) is 14.0. The van der Waals surface area contributed by atoms with Crippen LogP contribution in [0, 0.1) is 5.82 Å². The van der Waals surface area contributed by atoms with Crippen molar-refractivity contribution < 1.29 is 14.2 Å². The van der Waals surface area contributed by atoms with Crippen LogP contribution >= 0.6 is 0 Å². The molecular formula is C15H15FO2. The molecule has 0 aliphatic carbocycles. The number of benzene rings is 2. The molecule has 1 unspecified atom stereocenters. The Kier molecular flexibility index (Phi) is 3.34. The largest absolute Gasteiger partial charge is 0.494 e. The van der Waals surface area contributed by atoms with Crippen molar-refractivity contribution in [1.29, 1.82) is 0 Å². The summed E-state index contributed by atoms with van der Waals surface area (Å²) >= 11 is 0. The average molecular weight is 246 g/mol. The summed E-state index contributed by atoms with van der Waals surface area (Å²) in [6.45, 7) is 1.64. The zero-order chi connectivity index (χ0) is 13.2. The molecule has 2 rings (SSSR count). The number of hydrogen-bond donors (Lipinski definition) is 1. The lowest BCUT2D eigenvalue weighted by molar-refractivity contribution is 0.102. The van der Waals surface area contributed by atoms with E-state index >= 15 is 0 Å². The Bertz CT molecular complexity index is 535. The zero-order valence-corrected chi connectivity index (χ0v) is 10.4. The van der Waals surface area contributed by atoms with Crippen LogP contribution in [0.15, 0.2) is 48.5 Å². The van der Waals surface area contributed by atoms with Gasteiger partial charge in [-0.15, -0.1) is 0 Å². The SMILES string of the molecule is COc1ccc(C(C)(O)c2ccccc2)cc1F. The molecule has 1 atom stereocenters. The van der Waals surface area contributed by atoms with Crippen LogP contribution in [0.2, 0.25) is 0 Å².